The number of nitro groups is 1. The Labute approximate surface area is 123 Å². The molecule has 0 saturated carbocycles. The average Bonchev–Trinajstić information content (AvgIpc) is 2.72. The van der Waals surface area contributed by atoms with Crippen LogP contribution in [0.5, 0.6) is 0 Å². The first kappa shape index (κ1) is 16.9. The molecule has 0 saturated heterocycles. The third-order valence-electron chi connectivity index (χ3n) is 3.28. The van der Waals surface area contributed by atoms with Gasteiger partial charge in [0.2, 0.25) is 5.82 Å². The molecule has 1 unspecified atom stereocenters. The van der Waals surface area contributed by atoms with Crippen LogP contribution in [-0.4, -0.2) is 38.9 Å². The summed E-state index contributed by atoms with van der Waals surface area (Å²) >= 11 is 0. The van der Waals surface area contributed by atoms with Crippen LogP contribution in [0.25, 0.3) is 0 Å². The molecule has 0 radical (unpaired) electrons. The lowest BCUT2D eigenvalue weighted by atomic mass is 10.1. The summed E-state index contributed by atoms with van der Waals surface area (Å²) in [7, 11) is 0. The van der Waals surface area contributed by atoms with Gasteiger partial charge in [-0.2, -0.15) is 5.10 Å². The molecule has 0 aliphatic rings. The van der Waals surface area contributed by atoms with Gasteiger partial charge in [-0.3, -0.25) is 14.9 Å². The molecular formula is C13H22N4O4. The fourth-order valence-corrected chi connectivity index (χ4v) is 2.23. The first-order valence-electron chi connectivity index (χ1n) is 7.02. The quantitative estimate of drug-likeness (QED) is 0.582. The molecule has 0 aromatic carbocycles. The maximum absolute atomic E-state index is 11.3. The Hall–Kier alpha value is -2.12. The van der Waals surface area contributed by atoms with Crippen LogP contribution in [0.15, 0.2) is 0 Å². The summed E-state index contributed by atoms with van der Waals surface area (Å²) < 4.78 is 1.60. The van der Waals surface area contributed by atoms with Gasteiger partial charge in [0, 0.05) is 19.6 Å². The lowest BCUT2D eigenvalue weighted by molar-refractivity contribution is -0.384. The first-order chi connectivity index (χ1) is 9.83. The summed E-state index contributed by atoms with van der Waals surface area (Å²) in [6.07, 6.45) is 0.789. The van der Waals surface area contributed by atoms with Gasteiger partial charge in [0.05, 0.1) is 10.8 Å². The number of carbonyl (C=O) groups is 1. The highest BCUT2D eigenvalue weighted by Gasteiger charge is 2.30. The summed E-state index contributed by atoms with van der Waals surface area (Å²) in [6, 6.07) is 0. The van der Waals surface area contributed by atoms with E-state index in [4.69, 9.17) is 5.11 Å². The van der Waals surface area contributed by atoms with Crippen molar-refractivity contribution in [2.24, 2.45) is 5.92 Å². The van der Waals surface area contributed by atoms with Crippen LogP contribution in [0.2, 0.25) is 0 Å². The Morgan fingerprint density at radius 1 is 1.52 bits per heavy atom. The van der Waals surface area contributed by atoms with E-state index >= 15 is 0 Å². The molecule has 1 aromatic heterocycles. The van der Waals surface area contributed by atoms with E-state index < -0.39 is 16.8 Å². The predicted molar refractivity (Wildman–Crippen MR) is 78.6 cm³/mol. The second-order valence-electron chi connectivity index (χ2n) is 5.02. The maximum Gasteiger partial charge on any atom is 0.333 e. The van der Waals surface area contributed by atoms with E-state index in [0.717, 1.165) is 6.42 Å². The van der Waals surface area contributed by atoms with E-state index in [1.165, 1.54) is 0 Å². The van der Waals surface area contributed by atoms with E-state index in [9.17, 15) is 14.9 Å². The zero-order chi connectivity index (χ0) is 16.2. The number of carboxylic acids is 1. The lowest BCUT2D eigenvalue weighted by Gasteiger charge is -2.24. The zero-order valence-corrected chi connectivity index (χ0v) is 12.9. The number of aryl methyl sites for hydroxylation is 2. The molecule has 0 bridgehead atoms. The standard InChI is InChI=1S/C13H22N4O4/c1-5-7-16-12(11(17(20)21)10(4)14-16)15(6-2)8-9(3)13(18)19/h9H,5-8H2,1-4H3,(H,18,19). The molecule has 118 valence electrons. The van der Waals surface area contributed by atoms with E-state index in [1.54, 1.807) is 23.4 Å². The van der Waals surface area contributed by atoms with Crippen molar-refractivity contribution in [1.82, 2.24) is 9.78 Å². The number of carboxylic acid groups (broad SMARTS) is 1. The Kier molecular flexibility index (Phi) is 5.69. The Morgan fingerprint density at radius 2 is 2.14 bits per heavy atom. The Bertz CT molecular complexity index is 526. The van der Waals surface area contributed by atoms with Gasteiger partial charge in [0.25, 0.3) is 0 Å². The van der Waals surface area contributed by atoms with Crippen LogP contribution in [0, 0.1) is 23.0 Å². The van der Waals surface area contributed by atoms with Crippen LogP contribution >= 0.6 is 0 Å². The average molecular weight is 298 g/mol. The summed E-state index contributed by atoms with van der Waals surface area (Å²) in [4.78, 5) is 23.6. The van der Waals surface area contributed by atoms with Gasteiger partial charge in [-0.15, -0.1) is 0 Å². The van der Waals surface area contributed by atoms with Crippen molar-refractivity contribution in [2.45, 2.75) is 40.7 Å². The van der Waals surface area contributed by atoms with Gasteiger partial charge in [0.15, 0.2) is 0 Å². The molecule has 1 atom stereocenters. The number of aliphatic carboxylic acids is 1. The summed E-state index contributed by atoms with van der Waals surface area (Å²) in [5.74, 6) is -1.14. The van der Waals surface area contributed by atoms with Crippen LogP contribution in [0.4, 0.5) is 11.5 Å². The third-order valence-corrected chi connectivity index (χ3v) is 3.28. The zero-order valence-electron chi connectivity index (χ0n) is 12.9. The van der Waals surface area contributed by atoms with Crippen molar-refractivity contribution >= 4 is 17.5 Å². The predicted octanol–water partition coefficient (Wildman–Crippen LogP) is 2.06. The highest BCUT2D eigenvalue weighted by atomic mass is 16.6. The number of aromatic nitrogens is 2. The highest BCUT2D eigenvalue weighted by molar-refractivity contribution is 5.71. The van der Waals surface area contributed by atoms with Crippen LogP contribution in [0.1, 0.15) is 32.9 Å². The van der Waals surface area contributed by atoms with E-state index in [1.807, 2.05) is 13.8 Å². The SMILES string of the molecule is CCCn1nc(C)c([N+](=O)[O-])c1N(CC)CC(C)C(=O)O. The minimum Gasteiger partial charge on any atom is -0.481 e. The smallest absolute Gasteiger partial charge is 0.333 e. The second-order valence-corrected chi connectivity index (χ2v) is 5.02. The summed E-state index contributed by atoms with van der Waals surface area (Å²) in [5, 5.41) is 24.6. The molecule has 0 amide bonds. The Balaban J connectivity index is 3.28. The van der Waals surface area contributed by atoms with Gasteiger partial charge < -0.3 is 10.0 Å². The number of anilines is 1. The summed E-state index contributed by atoms with van der Waals surface area (Å²) in [5.41, 5.74) is 0.313. The van der Waals surface area contributed by atoms with Gasteiger partial charge in [0.1, 0.15) is 5.69 Å². The number of rotatable bonds is 8. The maximum atomic E-state index is 11.3. The molecule has 0 fully saturated rings. The van der Waals surface area contributed by atoms with Crippen LogP contribution in [-0.2, 0) is 11.3 Å². The van der Waals surface area contributed by atoms with Gasteiger partial charge in [-0.1, -0.05) is 13.8 Å². The molecule has 1 heterocycles. The van der Waals surface area contributed by atoms with Gasteiger partial charge >= 0.3 is 11.7 Å². The second kappa shape index (κ2) is 7.05. The molecule has 1 aromatic rings. The van der Waals surface area contributed by atoms with Crippen molar-refractivity contribution in [3.05, 3.63) is 15.8 Å². The van der Waals surface area contributed by atoms with Gasteiger partial charge in [-0.05, 0) is 20.3 Å². The molecule has 21 heavy (non-hydrogen) atoms. The largest absolute Gasteiger partial charge is 0.481 e. The monoisotopic (exact) mass is 298 g/mol. The van der Waals surface area contributed by atoms with Crippen molar-refractivity contribution in [3.8, 4) is 0 Å². The molecule has 1 rings (SSSR count). The van der Waals surface area contributed by atoms with Crippen molar-refractivity contribution < 1.29 is 14.8 Å². The van der Waals surface area contributed by atoms with Crippen LogP contribution < -0.4 is 4.90 Å². The lowest BCUT2D eigenvalue weighted by Crippen LogP contribution is -2.33. The molecule has 1 N–H and O–H groups in total. The fourth-order valence-electron chi connectivity index (χ4n) is 2.23. The molecule has 8 heteroatoms. The van der Waals surface area contributed by atoms with E-state index in [-0.39, 0.29) is 12.2 Å². The van der Waals surface area contributed by atoms with Crippen molar-refractivity contribution in [1.29, 1.82) is 0 Å². The van der Waals surface area contributed by atoms with Crippen molar-refractivity contribution in [2.75, 3.05) is 18.0 Å². The third kappa shape index (κ3) is 3.71. The van der Waals surface area contributed by atoms with E-state index in [0.29, 0.717) is 24.6 Å². The first-order valence-corrected chi connectivity index (χ1v) is 7.02. The fraction of sp³-hybridized carbons (Fsp3) is 0.692. The number of hydrogen-bond donors (Lipinski definition) is 1. The number of hydrogen-bond acceptors (Lipinski definition) is 5. The van der Waals surface area contributed by atoms with Gasteiger partial charge in [-0.25, -0.2) is 4.68 Å². The minimum atomic E-state index is -0.922. The normalized spacial score (nSPS) is 12.2. The topological polar surface area (TPSA) is 101 Å². The minimum absolute atomic E-state index is 0.0390. The molecule has 8 nitrogen and oxygen atoms in total. The Morgan fingerprint density at radius 3 is 2.57 bits per heavy atom. The van der Waals surface area contributed by atoms with E-state index in [2.05, 4.69) is 5.10 Å². The number of nitrogens with zero attached hydrogens (tertiary/aromatic N) is 4. The molecular weight excluding hydrogens is 276 g/mol. The summed E-state index contributed by atoms with van der Waals surface area (Å²) in [6.45, 7) is 8.24. The molecule has 0 aliphatic heterocycles. The van der Waals surface area contributed by atoms with Crippen molar-refractivity contribution in [3.63, 3.8) is 0 Å². The molecule has 0 spiro atoms. The van der Waals surface area contributed by atoms with Crippen LogP contribution in [0.3, 0.4) is 0 Å². The molecule has 0 aliphatic carbocycles. The highest BCUT2D eigenvalue weighted by Crippen LogP contribution is 2.32.